The van der Waals surface area contributed by atoms with E-state index in [0.717, 1.165) is 12.8 Å². The number of aromatic nitrogens is 1. The second-order valence-electron chi connectivity index (χ2n) is 5.01. The fourth-order valence-electron chi connectivity index (χ4n) is 2.44. The Kier molecular flexibility index (Phi) is 4.19. The van der Waals surface area contributed by atoms with E-state index in [1.807, 2.05) is 0 Å². The number of carbonyl (C=O) groups excluding carboxylic acids is 1. The maximum Gasteiger partial charge on any atom is 0.303 e. The minimum Gasteiger partial charge on any atom is -0.481 e. The third-order valence-electron chi connectivity index (χ3n) is 3.42. The molecule has 0 bridgehead atoms. The van der Waals surface area contributed by atoms with Gasteiger partial charge in [-0.3, -0.25) is 9.59 Å². The normalized spacial score (nSPS) is 19.4. The Balaban J connectivity index is 1.93. The van der Waals surface area contributed by atoms with E-state index in [0.29, 0.717) is 31.0 Å². The first kappa shape index (κ1) is 13.6. The minimum absolute atomic E-state index is 0.128. The molecule has 19 heavy (non-hydrogen) atoms. The van der Waals surface area contributed by atoms with Gasteiger partial charge < -0.3 is 14.5 Å². The van der Waals surface area contributed by atoms with E-state index in [4.69, 9.17) is 9.63 Å². The van der Waals surface area contributed by atoms with Crippen molar-refractivity contribution in [1.82, 2.24) is 10.1 Å². The van der Waals surface area contributed by atoms with E-state index in [2.05, 4.69) is 5.16 Å². The highest BCUT2D eigenvalue weighted by Crippen LogP contribution is 2.22. The minimum atomic E-state index is -0.782. The molecule has 6 nitrogen and oxygen atoms in total. The molecule has 0 radical (unpaired) electrons. The number of nitrogens with zero attached hydrogens (tertiary/aromatic N) is 2. The molecule has 1 saturated heterocycles. The lowest BCUT2D eigenvalue weighted by Gasteiger charge is -2.32. The lowest BCUT2D eigenvalue weighted by atomic mass is 9.93. The van der Waals surface area contributed by atoms with Gasteiger partial charge in [0.1, 0.15) is 5.76 Å². The molecule has 0 aromatic carbocycles. The summed E-state index contributed by atoms with van der Waals surface area (Å²) in [5.74, 6) is -0.0305. The first-order chi connectivity index (χ1) is 9.06. The van der Waals surface area contributed by atoms with Crippen LogP contribution < -0.4 is 0 Å². The van der Waals surface area contributed by atoms with Crippen molar-refractivity contribution in [1.29, 1.82) is 0 Å². The molecule has 1 unspecified atom stereocenters. The first-order valence-corrected chi connectivity index (χ1v) is 6.50. The Bertz CT molecular complexity index is 469. The van der Waals surface area contributed by atoms with Gasteiger partial charge in [0.2, 0.25) is 0 Å². The number of aliphatic carboxylic acids is 1. The molecule has 2 rings (SSSR count). The second-order valence-corrected chi connectivity index (χ2v) is 5.01. The molecule has 1 N–H and O–H groups in total. The largest absolute Gasteiger partial charge is 0.481 e. The summed E-state index contributed by atoms with van der Waals surface area (Å²) >= 11 is 0. The van der Waals surface area contributed by atoms with Crippen LogP contribution in [-0.4, -0.2) is 40.1 Å². The molecule has 1 aliphatic rings. The van der Waals surface area contributed by atoms with Crippen molar-refractivity contribution in [2.24, 2.45) is 5.92 Å². The molecule has 1 aliphatic heterocycles. The molecule has 0 spiro atoms. The maximum absolute atomic E-state index is 12.2. The number of carbonyl (C=O) groups is 2. The zero-order chi connectivity index (χ0) is 13.8. The predicted molar refractivity (Wildman–Crippen MR) is 66.7 cm³/mol. The topological polar surface area (TPSA) is 83.6 Å². The molecular weight excluding hydrogens is 248 g/mol. The van der Waals surface area contributed by atoms with Crippen LogP contribution in [0.3, 0.4) is 0 Å². The summed E-state index contributed by atoms with van der Waals surface area (Å²) in [7, 11) is 0. The van der Waals surface area contributed by atoms with Crippen molar-refractivity contribution in [2.45, 2.75) is 32.6 Å². The number of carboxylic acid groups (broad SMARTS) is 1. The second kappa shape index (κ2) is 5.86. The predicted octanol–water partition coefficient (Wildman–Crippen LogP) is 1.70. The van der Waals surface area contributed by atoms with Crippen LogP contribution in [0.1, 0.15) is 41.9 Å². The SMILES string of the molecule is Cc1cc(C(=O)N2CCCC(CCC(=O)O)C2)no1. The first-order valence-electron chi connectivity index (χ1n) is 6.50. The fraction of sp³-hybridized carbons (Fsp3) is 0.615. The van der Waals surface area contributed by atoms with E-state index < -0.39 is 5.97 Å². The summed E-state index contributed by atoms with van der Waals surface area (Å²) in [6, 6.07) is 1.63. The average Bonchev–Trinajstić information content (AvgIpc) is 2.82. The standard InChI is InChI=1S/C13H18N2O4/c1-9-7-11(14-19-9)13(18)15-6-2-3-10(8-15)4-5-12(16)17/h7,10H,2-6,8H2,1H3,(H,16,17). The molecule has 1 atom stereocenters. The Morgan fingerprint density at radius 2 is 2.37 bits per heavy atom. The van der Waals surface area contributed by atoms with Gasteiger partial charge in [-0.2, -0.15) is 0 Å². The smallest absolute Gasteiger partial charge is 0.303 e. The molecule has 0 saturated carbocycles. The molecule has 1 fully saturated rings. The Labute approximate surface area is 111 Å². The summed E-state index contributed by atoms with van der Waals surface area (Å²) in [5, 5.41) is 12.4. The number of carboxylic acids is 1. The van der Waals surface area contributed by atoms with E-state index in [1.54, 1.807) is 17.9 Å². The van der Waals surface area contributed by atoms with Gasteiger partial charge in [0.05, 0.1) is 0 Å². The van der Waals surface area contributed by atoms with E-state index >= 15 is 0 Å². The van der Waals surface area contributed by atoms with Gasteiger partial charge in [-0.15, -0.1) is 0 Å². The zero-order valence-electron chi connectivity index (χ0n) is 11.0. The molecule has 104 valence electrons. The summed E-state index contributed by atoms with van der Waals surface area (Å²) in [5.41, 5.74) is 0.330. The van der Waals surface area contributed by atoms with Gasteiger partial charge in [0, 0.05) is 25.6 Å². The number of likely N-dealkylation sites (tertiary alicyclic amines) is 1. The van der Waals surface area contributed by atoms with Crippen molar-refractivity contribution in [2.75, 3.05) is 13.1 Å². The number of piperidine rings is 1. The Morgan fingerprint density at radius 1 is 1.58 bits per heavy atom. The number of amides is 1. The Hall–Kier alpha value is -1.85. The van der Waals surface area contributed by atoms with Gasteiger partial charge in [-0.05, 0) is 32.1 Å². The van der Waals surface area contributed by atoms with Gasteiger partial charge in [0.25, 0.3) is 5.91 Å². The third-order valence-corrected chi connectivity index (χ3v) is 3.42. The van der Waals surface area contributed by atoms with Crippen molar-refractivity contribution in [3.63, 3.8) is 0 Å². The lowest BCUT2D eigenvalue weighted by Crippen LogP contribution is -2.40. The van der Waals surface area contributed by atoms with Crippen LogP contribution in [0.5, 0.6) is 0 Å². The van der Waals surface area contributed by atoms with Crippen molar-refractivity contribution in [3.8, 4) is 0 Å². The maximum atomic E-state index is 12.2. The van der Waals surface area contributed by atoms with Crippen LogP contribution >= 0.6 is 0 Å². The summed E-state index contributed by atoms with van der Waals surface area (Å²) in [6.07, 6.45) is 2.68. The number of hydrogen-bond acceptors (Lipinski definition) is 4. The van der Waals surface area contributed by atoms with Crippen LogP contribution in [-0.2, 0) is 4.79 Å². The third kappa shape index (κ3) is 3.56. The molecular formula is C13H18N2O4. The van der Waals surface area contributed by atoms with Gasteiger partial charge in [-0.1, -0.05) is 5.16 Å². The van der Waals surface area contributed by atoms with Crippen molar-refractivity contribution < 1.29 is 19.2 Å². The van der Waals surface area contributed by atoms with Gasteiger partial charge in [0.15, 0.2) is 5.69 Å². The lowest BCUT2D eigenvalue weighted by molar-refractivity contribution is -0.137. The van der Waals surface area contributed by atoms with Crippen LogP contribution in [0.25, 0.3) is 0 Å². The van der Waals surface area contributed by atoms with Crippen molar-refractivity contribution in [3.05, 3.63) is 17.5 Å². The highest BCUT2D eigenvalue weighted by Gasteiger charge is 2.26. The van der Waals surface area contributed by atoms with E-state index in [9.17, 15) is 9.59 Å². The number of rotatable bonds is 4. The number of hydrogen-bond donors (Lipinski definition) is 1. The van der Waals surface area contributed by atoms with E-state index in [-0.39, 0.29) is 18.2 Å². The molecule has 6 heteroatoms. The van der Waals surface area contributed by atoms with Crippen LogP contribution in [0.2, 0.25) is 0 Å². The van der Waals surface area contributed by atoms with Crippen LogP contribution in [0.4, 0.5) is 0 Å². The molecule has 1 aromatic rings. The summed E-state index contributed by atoms with van der Waals surface area (Å²) in [6.45, 7) is 3.06. The molecule has 2 heterocycles. The average molecular weight is 266 g/mol. The summed E-state index contributed by atoms with van der Waals surface area (Å²) < 4.78 is 4.91. The summed E-state index contributed by atoms with van der Waals surface area (Å²) in [4.78, 5) is 24.5. The monoisotopic (exact) mass is 266 g/mol. The zero-order valence-corrected chi connectivity index (χ0v) is 11.0. The van der Waals surface area contributed by atoms with Gasteiger partial charge in [-0.25, -0.2) is 0 Å². The quantitative estimate of drug-likeness (QED) is 0.896. The van der Waals surface area contributed by atoms with Crippen LogP contribution in [0, 0.1) is 12.8 Å². The van der Waals surface area contributed by atoms with E-state index in [1.165, 1.54) is 0 Å². The number of aryl methyl sites for hydroxylation is 1. The van der Waals surface area contributed by atoms with Crippen molar-refractivity contribution >= 4 is 11.9 Å². The Morgan fingerprint density at radius 3 is 3.00 bits per heavy atom. The molecule has 1 amide bonds. The van der Waals surface area contributed by atoms with Crippen LogP contribution in [0.15, 0.2) is 10.6 Å². The van der Waals surface area contributed by atoms with Gasteiger partial charge >= 0.3 is 5.97 Å². The highest BCUT2D eigenvalue weighted by molar-refractivity contribution is 5.92. The molecule has 1 aromatic heterocycles. The molecule has 0 aliphatic carbocycles. The highest BCUT2D eigenvalue weighted by atomic mass is 16.5. The fourth-order valence-corrected chi connectivity index (χ4v) is 2.44.